The highest BCUT2D eigenvalue weighted by atomic mass is 16.4. The number of carboxylic acid groups (broad SMARTS) is 1. The van der Waals surface area contributed by atoms with Gasteiger partial charge in [-0.1, -0.05) is 12.1 Å². The summed E-state index contributed by atoms with van der Waals surface area (Å²) in [5, 5.41) is 9.10. The van der Waals surface area contributed by atoms with Gasteiger partial charge in [0, 0.05) is 13.1 Å². The van der Waals surface area contributed by atoms with Crippen LogP contribution >= 0.6 is 0 Å². The average Bonchev–Trinajstić information content (AvgIpc) is 2.29. The van der Waals surface area contributed by atoms with Gasteiger partial charge in [-0.3, -0.25) is 4.79 Å². The first kappa shape index (κ1) is 13.2. The standard InChI is InChI=1S/C13H17NO3/c1-4-14(5-2)12(15)11-9(3)7-6-8-10(11)13(16)17/h6-8H,4-5H2,1-3H3,(H,16,17). The van der Waals surface area contributed by atoms with Crippen LogP contribution in [0.15, 0.2) is 18.2 Å². The monoisotopic (exact) mass is 235 g/mol. The number of aromatic carboxylic acids is 1. The predicted octanol–water partition coefficient (Wildman–Crippen LogP) is 2.18. The number of rotatable bonds is 4. The normalized spacial score (nSPS) is 10.1. The summed E-state index contributed by atoms with van der Waals surface area (Å²) in [7, 11) is 0. The second-order valence-electron chi connectivity index (χ2n) is 3.78. The molecule has 1 aromatic rings. The largest absolute Gasteiger partial charge is 0.478 e. The van der Waals surface area contributed by atoms with Crippen molar-refractivity contribution >= 4 is 11.9 Å². The first-order valence-electron chi connectivity index (χ1n) is 5.65. The second kappa shape index (κ2) is 5.48. The summed E-state index contributed by atoms with van der Waals surface area (Å²) in [6.45, 7) is 6.65. The number of carbonyl (C=O) groups is 2. The third-order valence-corrected chi connectivity index (χ3v) is 2.77. The molecule has 0 aliphatic heterocycles. The summed E-state index contributed by atoms with van der Waals surface area (Å²) in [6.07, 6.45) is 0. The Hall–Kier alpha value is -1.84. The van der Waals surface area contributed by atoms with Crippen molar-refractivity contribution in [1.29, 1.82) is 0 Å². The number of nitrogens with zero attached hydrogens (tertiary/aromatic N) is 1. The van der Waals surface area contributed by atoms with Gasteiger partial charge >= 0.3 is 5.97 Å². The van der Waals surface area contributed by atoms with Crippen molar-refractivity contribution in [2.45, 2.75) is 20.8 Å². The topological polar surface area (TPSA) is 57.6 Å². The lowest BCUT2D eigenvalue weighted by Gasteiger charge is -2.20. The number of benzene rings is 1. The van der Waals surface area contributed by atoms with Crippen LogP contribution in [0.1, 0.15) is 40.1 Å². The van der Waals surface area contributed by atoms with Gasteiger partial charge < -0.3 is 10.0 Å². The summed E-state index contributed by atoms with van der Waals surface area (Å²) in [5.41, 5.74) is 1.06. The number of aryl methyl sites for hydroxylation is 1. The predicted molar refractivity (Wildman–Crippen MR) is 65.4 cm³/mol. The van der Waals surface area contributed by atoms with Crippen LogP contribution in [0.4, 0.5) is 0 Å². The molecule has 0 unspecified atom stereocenters. The zero-order chi connectivity index (χ0) is 13.0. The van der Waals surface area contributed by atoms with Gasteiger partial charge in [0.05, 0.1) is 11.1 Å². The molecule has 0 radical (unpaired) electrons. The zero-order valence-corrected chi connectivity index (χ0v) is 10.4. The van der Waals surface area contributed by atoms with E-state index in [1.54, 1.807) is 24.0 Å². The Morgan fingerprint density at radius 2 is 1.82 bits per heavy atom. The summed E-state index contributed by atoms with van der Waals surface area (Å²) in [6, 6.07) is 4.87. The molecule has 17 heavy (non-hydrogen) atoms. The summed E-state index contributed by atoms with van der Waals surface area (Å²) >= 11 is 0. The lowest BCUT2D eigenvalue weighted by Crippen LogP contribution is -2.32. The number of amides is 1. The smallest absolute Gasteiger partial charge is 0.336 e. The molecule has 0 bridgehead atoms. The Labute approximate surface area is 101 Å². The van der Waals surface area contributed by atoms with Crippen LogP contribution in [0.2, 0.25) is 0 Å². The van der Waals surface area contributed by atoms with Gasteiger partial charge in [-0.2, -0.15) is 0 Å². The molecule has 4 heteroatoms. The summed E-state index contributed by atoms with van der Waals surface area (Å²) < 4.78 is 0. The third-order valence-electron chi connectivity index (χ3n) is 2.77. The maximum Gasteiger partial charge on any atom is 0.336 e. The molecule has 0 saturated heterocycles. The number of hydrogen-bond donors (Lipinski definition) is 1. The lowest BCUT2D eigenvalue weighted by molar-refractivity contribution is 0.0677. The van der Waals surface area contributed by atoms with Crippen molar-refractivity contribution in [2.24, 2.45) is 0 Å². The van der Waals surface area contributed by atoms with E-state index in [-0.39, 0.29) is 11.5 Å². The maximum atomic E-state index is 12.2. The van der Waals surface area contributed by atoms with E-state index < -0.39 is 5.97 Å². The zero-order valence-electron chi connectivity index (χ0n) is 10.4. The van der Waals surface area contributed by atoms with Crippen molar-refractivity contribution in [3.63, 3.8) is 0 Å². The van der Waals surface area contributed by atoms with E-state index in [1.807, 2.05) is 13.8 Å². The Bertz CT molecular complexity index is 436. The van der Waals surface area contributed by atoms with E-state index >= 15 is 0 Å². The van der Waals surface area contributed by atoms with Crippen molar-refractivity contribution in [3.05, 3.63) is 34.9 Å². The Morgan fingerprint density at radius 3 is 2.29 bits per heavy atom. The van der Waals surface area contributed by atoms with E-state index in [2.05, 4.69) is 0 Å². The van der Waals surface area contributed by atoms with Crippen LogP contribution in [0.5, 0.6) is 0 Å². The number of hydrogen-bond acceptors (Lipinski definition) is 2. The minimum absolute atomic E-state index is 0.0712. The summed E-state index contributed by atoms with van der Waals surface area (Å²) in [5.74, 6) is -1.28. The van der Waals surface area contributed by atoms with Gasteiger partial charge in [-0.25, -0.2) is 4.79 Å². The first-order chi connectivity index (χ1) is 8.02. The van der Waals surface area contributed by atoms with E-state index in [1.165, 1.54) is 6.07 Å². The molecule has 0 saturated carbocycles. The van der Waals surface area contributed by atoms with Gasteiger partial charge in [0.25, 0.3) is 5.91 Å². The lowest BCUT2D eigenvalue weighted by atomic mass is 10.0. The van der Waals surface area contributed by atoms with Gasteiger partial charge in [0.15, 0.2) is 0 Å². The van der Waals surface area contributed by atoms with Gasteiger partial charge in [-0.15, -0.1) is 0 Å². The molecule has 92 valence electrons. The van der Waals surface area contributed by atoms with Crippen molar-refractivity contribution < 1.29 is 14.7 Å². The van der Waals surface area contributed by atoms with Crippen LogP contribution in [0.25, 0.3) is 0 Å². The molecular formula is C13H17NO3. The minimum atomic E-state index is -1.07. The molecule has 1 aromatic carbocycles. The highest BCUT2D eigenvalue weighted by Gasteiger charge is 2.21. The molecule has 0 fully saturated rings. The molecule has 0 aliphatic rings. The van der Waals surface area contributed by atoms with E-state index in [4.69, 9.17) is 5.11 Å². The fourth-order valence-electron chi connectivity index (χ4n) is 1.80. The van der Waals surface area contributed by atoms with Crippen LogP contribution in [0, 0.1) is 6.92 Å². The number of carboxylic acids is 1. The van der Waals surface area contributed by atoms with E-state index in [0.717, 1.165) is 0 Å². The molecule has 4 nitrogen and oxygen atoms in total. The molecule has 1 N–H and O–H groups in total. The van der Waals surface area contributed by atoms with Gasteiger partial charge in [0.2, 0.25) is 0 Å². The van der Waals surface area contributed by atoms with Crippen LogP contribution in [-0.2, 0) is 0 Å². The second-order valence-corrected chi connectivity index (χ2v) is 3.78. The highest BCUT2D eigenvalue weighted by Crippen LogP contribution is 2.16. The molecular weight excluding hydrogens is 218 g/mol. The highest BCUT2D eigenvalue weighted by molar-refractivity contribution is 6.05. The molecule has 0 spiro atoms. The van der Waals surface area contributed by atoms with Crippen molar-refractivity contribution in [2.75, 3.05) is 13.1 Å². The fourth-order valence-corrected chi connectivity index (χ4v) is 1.80. The maximum absolute atomic E-state index is 12.2. The van der Waals surface area contributed by atoms with Crippen LogP contribution in [-0.4, -0.2) is 35.0 Å². The van der Waals surface area contributed by atoms with Gasteiger partial charge in [-0.05, 0) is 32.4 Å². The molecule has 0 aliphatic carbocycles. The van der Waals surface area contributed by atoms with Crippen molar-refractivity contribution in [1.82, 2.24) is 4.90 Å². The Kier molecular flexibility index (Phi) is 4.26. The quantitative estimate of drug-likeness (QED) is 0.870. The fraction of sp³-hybridized carbons (Fsp3) is 0.385. The molecule has 0 aromatic heterocycles. The average molecular weight is 235 g/mol. The van der Waals surface area contributed by atoms with Crippen LogP contribution in [0.3, 0.4) is 0 Å². The summed E-state index contributed by atoms with van der Waals surface area (Å²) in [4.78, 5) is 24.9. The first-order valence-corrected chi connectivity index (χ1v) is 5.65. The third kappa shape index (κ3) is 2.64. The van der Waals surface area contributed by atoms with Crippen molar-refractivity contribution in [3.8, 4) is 0 Å². The molecule has 1 amide bonds. The minimum Gasteiger partial charge on any atom is -0.478 e. The molecule has 0 atom stereocenters. The Morgan fingerprint density at radius 1 is 1.24 bits per heavy atom. The van der Waals surface area contributed by atoms with Crippen LogP contribution < -0.4 is 0 Å². The van der Waals surface area contributed by atoms with E-state index in [9.17, 15) is 9.59 Å². The van der Waals surface area contributed by atoms with Gasteiger partial charge in [0.1, 0.15) is 0 Å². The number of carbonyl (C=O) groups excluding carboxylic acids is 1. The van der Waals surface area contributed by atoms with E-state index in [0.29, 0.717) is 24.2 Å². The SMILES string of the molecule is CCN(CC)C(=O)c1c(C)cccc1C(=O)O. The Balaban J connectivity index is 3.29. The molecule has 1 rings (SSSR count). The molecule has 0 heterocycles.